The summed E-state index contributed by atoms with van der Waals surface area (Å²) in [5.41, 5.74) is -0.0793. The molecule has 0 fully saturated rings. The van der Waals surface area contributed by atoms with Crippen molar-refractivity contribution in [3.05, 3.63) is 5.82 Å². The first-order chi connectivity index (χ1) is 9.38. The fourth-order valence-electron chi connectivity index (χ4n) is 1.48. The van der Waals surface area contributed by atoms with Crippen molar-refractivity contribution in [2.45, 2.75) is 32.6 Å². The topological polar surface area (TPSA) is 64.5 Å². The Bertz CT molecular complexity index is 429. The van der Waals surface area contributed by atoms with Gasteiger partial charge in [0, 0.05) is 37.1 Å². The largest absolute Gasteiger partial charge is 0.469 e. The maximum Gasteiger partial charge on any atom is 0.307 e. The molecule has 7 heteroatoms. The van der Waals surface area contributed by atoms with Crippen LogP contribution >= 0.6 is 11.5 Å². The minimum atomic E-state index is -0.229. The van der Waals surface area contributed by atoms with Gasteiger partial charge in [-0.2, -0.15) is 4.37 Å². The van der Waals surface area contributed by atoms with Gasteiger partial charge >= 0.3 is 5.97 Å². The van der Waals surface area contributed by atoms with E-state index in [0.29, 0.717) is 26.1 Å². The minimum absolute atomic E-state index is 0.0793. The van der Waals surface area contributed by atoms with E-state index in [1.165, 1.54) is 18.6 Å². The van der Waals surface area contributed by atoms with Gasteiger partial charge in [-0.25, -0.2) is 4.98 Å². The summed E-state index contributed by atoms with van der Waals surface area (Å²) < 4.78 is 14.2. The molecule has 1 aromatic heterocycles. The highest BCUT2D eigenvalue weighted by Gasteiger charge is 2.22. The quantitative estimate of drug-likeness (QED) is 0.716. The van der Waals surface area contributed by atoms with Crippen LogP contribution in [0.3, 0.4) is 0 Å². The summed E-state index contributed by atoms with van der Waals surface area (Å²) in [5.74, 6) is 0.589. The Balaban J connectivity index is 2.76. The first-order valence-electron chi connectivity index (χ1n) is 6.53. The molecule has 6 nitrogen and oxygen atoms in total. The fourth-order valence-corrected chi connectivity index (χ4v) is 2.39. The van der Waals surface area contributed by atoms with Crippen LogP contribution in [-0.2, 0) is 19.7 Å². The zero-order valence-electron chi connectivity index (χ0n) is 12.8. The van der Waals surface area contributed by atoms with Crippen LogP contribution in [0.5, 0.6) is 0 Å². The van der Waals surface area contributed by atoms with E-state index in [2.05, 4.69) is 34.9 Å². The lowest BCUT2D eigenvalue weighted by Gasteiger charge is -2.20. The molecule has 0 saturated carbocycles. The molecule has 0 bridgehead atoms. The summed E-state index contributed by atoms with van der Waals surface area (Å²) in [6.07, 6.45) is 0.324. The second-order valence-corrected chi connectivity index (χ2v) is 6.19. The average Bonchev–Trinajstić information content (AvgIpc) is 2.88. The summed E-state index contributed by atoms with van der Waals surface area (Å²) in [6.45, 7) is 8.03. The lowest BCUT2D eigenvalue weighted by Crippen LogP contribution is -2.30. The predicted octanol–water partition coefficient (Wildman–Crippen LogP) is 1.85. The number of anilines is 1. The molecule has 0 radical (unpaired) electrons. The van der Waals surface area contributed by atoms with E-state index in [9.17, 15) is 4.79 Å². The first-order valence-corrected chi connectivity index (χ1v) is 7.30. The number of hydrogen-bond acceptors (Lipinski definition) is 7. The predicted molar refractivity (Wildman–Crippen MR) is 79.3 cm³/mol. The van der Waals surface area contributed by atoms with Gasteiger partial charge in [-0.1, -0.05) is 20.8 Å². The van der Waals surface area contributed by atoms with Crippen molar-refractivity contribution >= 4 is 22.6 Å². The number of ether oxygens (including phenoxy) is 2. The molecule has 0 atom stereocenters. The van der Waals surface area contributed by atoms with Gasteiger partial charge in [-0.3, -0.25) is 4.79 Å². The maximum absolute atomic E-state index is 11.3. The molecule has 0 aromatic carbocycles. The van der Waals surface area contributed by atoms with Crippen LogP contribution in [-0.4, -0.2) is 49.2 Å². The van der Waals surface area contributed by atoms with Gasteiger partial charge in [0.15, 0.2) is 0 Å². The number of rotatable bonds is 7. The molecule has 20 heavy (non-hydrogen) atoms. The number of carbonyl (C=O) groups is 1. The highest BCUT2D eigenvalue weighted by atomic mass is 32.1. The minimum Gasteiger partial charge on any atom is -0.469 e. The Morgan fingerprint density at radius 3 is 2.50 bits per heavy atom. The van der Waals surface area contributed by atoms with Crippen molar-refractivity contribution < 1.29 is 14.3 Å². The third-order valence-electron chi connectivity index (χ3n) is 2.74. The normalized spacial score (nSPS) is 11.4. The molecule has 114 valence electrons. The Morgan fingerprint density at radius 2 is 2.00 bits per heavy atom. The van der Waals surface area contributed by atoms with E-state index in [1.54, 1.807) is 7.11 Å². The van der Waals surface area contributed by atoms with Gasteiger partial charge < -0.3 is 14.4 Å². The second kappa shape index (κ2) is 7.54. The number of aromatic nitrogens is 2. The lowest BCUT2D eigenvalue weighted by atomic mass is 9.96. The molecule has 0 spiro atoms. The highest BCUT2D eigenvalue weighted by Crippen LogP contribution is 2.25. The standard InChI is InChI=1S/C13H23N3O3S/c1-13(2,3)11-14-12(20-15-11)16(8-9-18-4)7-6-10(17)19-5/h6-9H2,1-5H3. The maximum atomic E-state index is 11.3. The van der Waals surface area contributed by atoms with Gasteiger partial charge in [0.25, 0.3) is 0 Å². The van der Waals surface area contributed by atoms with Crippen LogP contribution in [0.2, 0.25) is 0 Å². The van der Waals surface area contributed by atoms with E-state index in [1.807, 2.05) is 4.90 Å². The molecule has 1 aromatic rings. The molecule has 0 aliphatic rings. The van der Waals surface area contributed by atoms with Gasteiger partial charge in [0.1, 0.15) is 5.82 Å². The number of esters is 1. The molecular weight excluding hydrogens is 278 g/mol. The molecule has 0 aliphatic heterocycles. The van der Waals surface area contributed by atoms with E-state index < -0.39 is 0 Å². The van der Waals surface area contributed by atoms with E-state index in [4.69, 9.17) is 4.74 Å². The number of methoxy groups -OCH3 is 2. The Labute approximate surface area is 124 Å². The van der Waals surface area contributed by atoms with E-state index in [0.717, 1.165) is 11.0 Å². The Hall–Kier alpha value is -1.21. The summed E-state index contributed by atoms with van der Waals surface area (Å²) >= 11 is 1.35. The third kappa shape index (κ3) is 5.05. The summed E-state index contributed by atoms with van der Waals surface area (Å²) in [5, 5.41) is 0.816. The molecule has 0 saturated heterocycles. The number of nitrogens with zero attached hydrogens (tertiary/aromatic N) is 3. The van der Waals surface area contributed by atoms with Gasteiger partial charge in [-0.05, 0) is 0 Å². The second-order valence-electron chi connectivity index (χ2n) is 5.46. The lowest BCUT2D eigenvalue weighted by molar-refractivity contribution is -0.140. The smallest absolute Gasteiger partial charge is 0.307 e. The SMILES string of the molecule is COCCN(CCC(=O)OC)c1nc(C(C)(C)C)ns1. The number of carbonyl (C=O) groups excluding carboxylic acids is 1. The fraction of sp³-hybridized carbons (Fsp3) is 0.769. The van der Waals surface area contributed by atoms with Crippen molar-refractivity contribution in [1.29, 1.82) is 0 Å². The van der Waals surface area contributed by atoms with Crippen LogP contribution in [0.15, 0.2) is 0 Å². The van der Waals surface area contributed by atoms with Gasteiger partial charge in [-0.15, -0.1) is 0 Å². The zero-order valence-corrected chi connectivity index (χ0v) is 13.6. The zero-order chi connectivity index (χ0) is 15.2. The summed E-state index contributed by atoms with van der Waals surface area (Å²) in [6, 6.07) is 0. The van der Waals surface area contributed by atoms with E-state index in [-0.39, 0.29) is 11.4 Å². The highest BCUT2D eigenvalue weighted by molar-refractivity contribution is 7.09. The molecule has 1 heterocycles. The number of hydrogen-bond donors (Lipinski definition) is 0. The van der Waals surface area contributed by atoms with E-state index >= 15 is 0 Å². The van der Waals surface area contributed by atoms with Crippen LogP contribution in [0.25, 0.3) is 0 Å². The summed E-state index contributed by atoms with van der Waals surface area (Å²) in [7, 11) is 3.05. The van der Waals surface area contributed by atoms with Gasteiger partial charge in [0.05, 0.1) is 20.1 Å². The van der Waals surface area contributed by atoms with Crippen molar-refractivity contribution in [3.8, 4) is 0 Å². The Morgan fingerprint density at radius 1 is 1.30 bits per heavy atom. The van der Waals surface area contributed by atoms with Crippen LogP contribution in [0.4, 0.5) is 5.13 Å². The van der Waals surface area contributed by atoms with Crippen LogP contribution < -0.4 is 4.90 Å². The molecule has 0 N–H and O–H groups in total. The molecule has 0 amide bonds. The molecular formula is C13H23N3O3S. The van der Waals surface area contributed by atoms with Crippen molar-refractivity contribution in [2.24, 2.45) is 0 Å². The molecule has 1 rings (SSSR count). The molecule has 0 aliphatic carbocycles. The molecule has 0 unspecified atom stereocenters. The van der Waals surface area contributed by atoms with Crippen LogP contribution in [0.1, 0.15) is 33.0 Å². The van der Waals surface area contributed by atoms with Crippen molar-refractivity contribution in [1.82, 2.24) is 9.36 Å². The average molecular weight is 301 g/mol. The van der Waals surface area contributed by atoms with Crippen molar-refractivity contribution in [3.63, 3.8) is 0 Å². The van der Waals surface area contributed by atoms with Crippen molar-refractivity contribution in [2.75, 3.05) is 38.8 Å². The monoisotopic (exact) mass is 301 g/mol. The Kier molecular flexibility index (Phi) is 6.35. The van der Waals surface area contributed by atoms with Gasteiger partial charge in [0.2, 0.25) is 5.13 Å². The first kappa shape index (κ1) is 16.8. The summed E-state index contributed by atoms with van der Waals surface area (Å²) in [4.78, 5) is 17.8. The van der Waals surface area contributed by atoms with Crippen LogP contribution in [0, 0.1) is 0 Å². The third-order valence-corrected chi connectivity index (χ3v) is 3.51.